The number of aryl methyl sites for hydroxylation is 2. The second kappa shape index (κ2) is 8.68. The van der Waals surface area contributed by atoms with Gasteiger partial charge in [0.15, 0.2) is 5.11 Å². The molecular weight excluding hydrogens is 356 g/mol. The fraction of sp³-hybridized carbons (Fsp3) is 0.238. The Labute approximate surface area is 164 Å². The molecule has 0 saturated heterocycles. The normalized spacial score (nSPS) is 11.2. The Morgan fingerprint density at radius 3 is 2.89 bits per heavy atom. The number of nitrogens with one attached hydrogen (secondary N) is 1. The second-order valence-corrected chi connectivity index (χ2v) is 6.83. The van der Waals surface area contributed by atoms with Crippen molar-refractivity contribution in [3.05, 3.63) is 65.4 Å². The van der Waals surface area contributed by atoms with Crippen LogP contribution < -0.4 is 15.9 Å². The van der Waals surface area contributed by atoms with E-state index in [1.807, 2.05) is 12.1 Å². The van der Waals surface area contributed by atoms with Crippen LogP contribution in [0.25, 0.3) is 10.9 Å². The highest BCUT2D eigenvalue weighted by Gasteiger charge is 2.07. The lowest BCUT2D eigenvalue weighted by molar-refractivity contribution is 0.300. The number of thiocarbonyl (C=S) groups is 1. The zero-order valence-corrected chi connectivity index (χ0v) is 16.4. The predicted molar refractivity (Wildman–Crippen MR) is 116 cm³/mol. The van der Waals surface area contributed by atoms with Crippen LogP contribution >= 0.6 is 12.2 Å². The molecule has 3 N–H and O–H groups in total. The number of benzene rings is 2. The van der Waals surface area contributed by atoms with E-state index in [9.17, 15) is 0 Å². The number of hydrogen-bond donors (Lipinski definition) is 2. The third-order valence-electron chi connectivity index (χ3n) is 4.32. The van der Waals surface area contributed by atoms with Crippen LogP contribution in [0, 0.1) is 6.92 Å². The number of para-hydroxylation sites is 1. The molecule has 27 heavy (non-hydrogen) atoms. The topological polar surface area (TPSA) is 64.6 Å². The first-order valence-electron chi connectivity index (χ1n) is 8.96. The minimum absolute atomic E-state index is 0.146. The minimum Gasteiger partial charge on any atom is -0.492 e. The van der Waals surface area contributed by atoms with E-state index in [1.54, 1.807) is 6.21 Å². The Balaban J connectivity index is 1.74. The van der Waals surface area contributed by atoms with Crippen molar-refractivity contribution in [1.29, 1.82) is 0 Å². The van der Waals surface area contributed by atoms with Gasteiger partial charge in [0.2, 0.25) is 0 Å². The molecule has 0 bridgehead atoms. The van der Waals surface area contributed by atoms with Crippen LogP contribution in [-0.2, 0) is 13.0 Å². The summed E-state index contributed by atoms with van der Waals surface area (Å²) in [6.45, 7) is 5.58. The van der Waals surface area contributed by atoms with Gasteiger partial charge in [-0.05, 0) is 54.9 Å². The summed E-state index contributed by atoms with van der Waals surface area (Å²) in [4.78, 5) is 0. The summed E-state index contributed by atoms with van der Waals surface area (Å²) in [7, 11) is 0. The third-order valence-corrected chi connectivity index (χ3v) is 4.41. The van der Waals surface area contributed by atoms with Crippen LogP contribution in [0.2, 0.25) is 0 Å². The maximum absolute atomic E-state index is 6.00. The first-order valence-corrected chi connectivity index (χ1v) is 9.37. The first kappa shape index (κ1) is 18.9. The van der Waals surface area contributed by atoms with Crippen molar-refractivity contribution in [3.8, 4) is 5.75 Å². The van der Waals surface area contributed by atoms with E-state index in [2.05, 4.69) is 65.5 Å². The SMILES string of the molecule is CCc1cc(C)cc(OCCn2cc(C=NNC(N)=S)c3ccccc32)c1. The summed E-state index contributed by atoms with van der Waals surface area (Å²) in [5.41, 5.74) is 12.7. The molecule has 0 fully saturated rings. The lowest BCUT2D eigenvalue weighted by Gasteiger charge is -2.10. The van der Waals surface area contributed by atoms with Gasteiger partial charge in [-0.2, -0.15) is 5.10 Å². The molecular formula is C21H24N4OS. The summed E-state index contributed by atoms with van der Waals surface area (Å²) in [5, 5.41) is 5.34. The molecule has 0 spiro atoms. The van der Waals surface area contributed by atoms with Gasteiger partial charge < -0.3 is 15.0 Å². The second-order valence-electron chi connectivity index (χ2n) is 6.39. The molecule has 3 aromatic rings. The number of rotatable bonds is 7. The van der Waals surface area contributed by atoms with Gasteiger partial charge in [0, 0.05) is 22.7 Å². The lowest BCUT2D eigenvalue weighted by atomic mass is 10.1. The van der Waals surface area contributed by atoms with Gasteiger partial charge in [0.25, 0.3) is 0 Å². The number of fused-ring (bicyclic) bond motifs is 1. The van der Waals surface area contributed by atoms with Crippen molar-refractivity contribution in [2.75, 3.05) is 6.61 Å². The maximum Gasteiger partial charge on any atom is 0.184 e. The van der Waals surface area contributed by atoms with E-state index in [-0.39, 0.29) is 5.11 Å². The van der Waals surface area contributed by atoms with Crippen molar-refractivity contribution in [1.82, 2.24) is 9.99 Å². The highest BCUT2D eigenvalue weighted by atomic mass is 32.1. The van der Waals surface area contributed by atoms with Gasteiger partial charge in [-0.3, -0.25) is 5.43 Å². The van der Waals surface area contributed by atoms with Crippen LogP contribution in [0.3, 0.4) is 0 Å². The third kappa shape index (κ3) is 4.86. The molecule has 3 rings (SSSR count). The van der Waals surface area contributed by atoms with Crippen molar-refractivity contribution in [2.24, 2.45) is 10.8 Å². The molecule has 1 aromatic heterocycles. The molecule has 2 aromatic carbocycles. The van der Waals surface area contributed by atoms with Gasteiger partial charge >= 0.3 is 0 Å². The predicted octanol–water partition coefficient (Wildman–Crippen LogP) is 3.76. The molecule has 140 valence electrons. The van der Waals surface area contributed by atoms with Crippen LogP contribution in [0.5, 0.6) is 5.75 Å². The Hall–Kier alpha value is -2.86. The summed E-state index contributed by atoms with van der Waals surface area (Å²) < 4.78 is 8.18. The van der Waals surface area contributed by atoms with E-state index in [0.29, 0.717) is 6.61 Å². The number of ether oxygens (including phenoxy) is 1. The van der Waals surface area contributed by atoms with E-state index < -0.39 is 0 Å². The number of nitrogens with zero attached hydrogens (tertiary/aromatic N) is 2. The van der Waals surface area contributed by atoms with Crippen LogP contribution in [0.4, 0.5) is 0 Å². The largest absolute Gasteiger partial charge is 0.492 e. The molecule has 0 aliphatic heterocycles. The van der Waals surface area contributed by atoms with Crippen LogP contribution in [-0.4, -0.2) is 22.5 Å². The van der Waals surface area contributed by atoms with Crippen molar-refractivity contribution >= 4 is 34.4 Å². The highest BCUT2D eigenvalue weighted by Crippen LogP contribution is 2.21. The maximum atomic E-state index is 6.00. The van der Waals surface area contributed by atoms with Crippen molar-refractivity contribution in [2.45, 2.75) is 26.8 Å². The van der Waals surface area contributed by atoms with Crippen molar-refractivity contribution in [3.63, 3.8) is 0 Å². The first-order chi connectivity index (χ1) is 13.1. The smallest absolute Gasteiger partial charge is 0.184 e. The number of aromatic nitrogens is 1. The number of nitrogens with two attached hydrogens (primary N) is 1. The Kier molecular flexibility index (Phi) is 6.08. The Morgan fingerprint density at radius 1 is 1.30 bits per heavy atom. The average Bonchev–Trinajstić information content (AvgIpc) is 2.99. The molecule has 0 aliphatic rings. The van der Waals surface area contributed by atoms with Gasteiger partial charge in [-0.1, -0.05) is 31.2 Å². The molecule has 1 heterocycles. The standard InChI is InChI=1S/C21H24N4OS/c1-3-16-10-15(2)11-18(12-16)26-9-8-25-14-17(13-23-24-21(22)27)19-6-4-5-7-20(19)25/h4-7,10-14H,3,8-9H2,1-2H3,(H3,22,24,27). The summed E-state index contributed by atoms with van der Waals surface area (Å²) in [5.74, 6) is 0.922. The minimum atomic E-state index is 0.146. The molecule has 6 heteroatoms. The molecule has 0 amide bonds. The zero-order chi connectivity index (χ0) is 19.2. The number of hydrogen-bond acceptors (Lipinski definition) is 3. The van der Waals surface area contributed by atoms with E-state index in [0.717, 1.165) is 35.2 Å². The fourth-order valence-electron chi connectivity index (χ4n) is 3.10. The Morgan fingerprint density at radius 2 is 2.11 bits per heavy atom. The van der Waals surface area contributed by atoms with Crippen molar-refractivity contribution < 1.29 is 4.74 Å². The van der Waals surface area contributed by atoms with Gasteiger partial charge in [-0.15, -0.1) is 0 Å². The summed E-state index contributed by atoms with van der Waals surface area (Å²) in [6.07, 6.45) is 4.79. The molecule has 0 saturated carbocycles. The number of hydrazone groups is 1. The van der Waals surface area contributed by atoms with Gasteiger partial charge in [-0.25, -0.2) is 0 Å². The van der Waals surface area contributed by atoms with E-state index >= 15 is 0 Å². The monoisotopic (exact) mass is 380 g/mol. The molecule has 0 radical (unpaired) electrons. The van der Waals surface area contributed by atoms with E-state index in [1.165, 1.54) is 11.1 Å². The summed E-state index contributed by atoms with van der Waals surface area (Å²) in [6, 6.07) is 14.6. The van der Waals surface area contributed by atoms with E-state index in [4.69, 9.17) is 22.7 Å². The Bertz CT molecular complexity index is 977. The van der Waals surface area contributed by atoms with Gasteiger partial charge in [0.1, 0.15) is 12.4 Å². The van der Waals surface area contributed by atoms with Gasteiger partial charge in [0.05, 0.1) is 12.8 Å². The van der Waals surface area contributed by atoms with Crippen LogP contribution in [0.15, 0.2) is 53.8 Å². The molecule has 5 nitrogen and oxygen atoms in total. The molecule has 0 unspecified atom stereocenters. The molecule has 0 atom stereocenters. The summed E-state index contributed by atoms with van der Waals surface area (Å²) >= 11 is 4.77. The van der Waals surface area contributed by atoms with Crippen LogP contribution in [0.1, 0.15) is 23.6 Å². The zero-order valence-electron chi connectivity index (χ0n) is 15.6. The fourth-order valence-corrected chi connectivity index (χ4v) is 3.16. The lowest BCUT2D eigenvalue weighted by Crippen LogP contribution is -2.23. The highest BCUT2D eigenvalue weighted by molar-refractivity contribution is 7.80. The molecule has 0 aliphatic carbocycles. The average molecular weight is 381 g/mol. The quantitative estimate of drug-likeness (QED) is 0.372.